The average molecular weight is 366 g/mol. The zero-order valence-electron chi connectivity index (χ0n) is 14.2. The third-order valence-electron chi connectivity index (χ3n) is 5.27. The Balaban J connectivity index is 0.00000208. The minimum absolute atomic E-state index is 0. The number of hydrogen-bond acceptors (Lipinski definition) is 2. The Morgan fingerprint density at radius 3 is 2.21 bits per heavy atom. The van der Waals surface area contributed by atoms with Gasteiger partial charge in [0.25, 0.3) is 0 Å². The van der Waals surface area contributed by atoms with Crippen molar-refractivity contribution in [2.45, 2.75) is 44.2 Å². The van der Waals surface area contributed by atoms with Crippen molar-refractivity contribution in [3.8, 4) is 5.75 Å². The second-order valence-electron chi connectivity index (χ2n) is 6.47. The maximum absolute atomic E-state index is 6.04. The molecule has 1 unspecified atom stereocenters. The Kier molecular flexibility index (Phi) is 6.56. The van der Waals surface area contributed by atoms with Gasteiger partial charge in [-0.1, -0.05) is 42.3 Å². The van der Waals surface area contributed by atoms with Crippen molar-refractivity contribution in [2.75, 3.05) is 7.11 Å². The van der Waals surface area contributed by atoms with E-state index < -0.39 is 0 Å². The first-order chi connectivity index (χ1) is 11.1. The van der Waals surface area contributed by atoms with Gasteiger partial charge in [0.2, 0.25) is 0 Å². The summed E-state index contributed by atoms with van der Waals surface area (Å²) in [4.78, 5) is 0. The monoisotopic (exact) mass is 365 g/mol. The van der Waals surface area contributed by atoms with Gasteiger partial charge in [-0.3, -0.25) is 0 Å². The first kappa shape index (κ1) is 19.1. The number of halogens is 2. The van der Waals surface area contributed by atoms with Gasteiger partial charge in [0.15, 0.2) is 0 Å². The van der Waals surface area contributed by atoms with Crippen molar-refractivity contribution in [1.29, 1.82) is 0 Å². The van der Waals surface area contributed by atoms with Crippen LogP contribution < -0.4 is 10.1 Å². The first-order valence-corrected chi connectivity index (χ1v) is 8.64. The molecule has 0 aromatic heterocycles. The normalized spacial score (nSPS) is 16.6. The van der Waals surface area contributed by atoms with Crippen molar-refractivity contribution in [1.82, 2.24) is 5.32 Å². The molecule has 0 spiro atoms. The molecule has 1 atom stereocenters. The highest BCUT2D eigenvalue weighted by Crippen LogP contribution is 2.46. The Morgan fingerprint density at radius 1 is 1.08 bits per heavy atom. The zero-order valence-corrected chi connectivity index (χ0v) is 15.8. The van der Waals surface area contributed by atoms with Crippen LogP contribution in [-0.2, 0) is 12.0 Å². The summed E-state index contributed by atoms with van der Waals surface area (Å²) in [5, 5.41) is 4.53. The molecular weight excluding hydrogens is 341 g/mol. The minimum atomic E-state index is 0. The van der Waals surface area contributed by atoms with Gasteiger partial charge in [-0.2, -0.15) is 0 Å². The number of nitrogens with one attached hydrogen (secondary N) is 1. The number of ether oxygens (including phenoxy) is 1. The van der Waals surface area contributed by atoms with Crippen molar-refractivity contribution < 1.29 is 4.74 Å². The lowest BCUT2D eigenvalue weighted by atomic mass is 9.60. The van der Waals surface area contributed by atoms with E-state index in [4.69, 9.17) is 16.3 Å². The molecule has 0 radical (unpaired) electrons. The van der Waals surface area contributed by atoms with E-state index in [1.807, 2.05) is 24.3 Å². The molecule has 0 aliphatic heterocycles. The van der Waals surface area contributed by atoms with Crippen LogP contribution in [0.15, 0.2) is 48.5 Å². The van der Waals surface area contributed by atoms with Crippen molar-refractivity contribution in [2.24, 2.45) is 0 Å². The quantitative estimate of drug-likeness (QED) is 0.742. The van der Waals surface area contributed by atoms with Crippen LogP contribution in [-0.4, -0.2) is 13.2 Å². The molecule has 0 bridgehead atoms. The van der Waals surface area contributed by atoms with Crippen molar-refractivity contribution in [3.63, 3.8) is 0 Å². The molecule has 4 heteroatoms. The largest absolute Gasteiger partial charge is 0.497 e. The van der Waals surface area contributed by atoms with Crippen LogP contribution in [0.2, 0.25) is 5.02 Å². The molecule has 24 heavy (non-hydrogen) atoms. The molecule has 0 amide bonds. The predicted octanol–water partition coefficient (Wildman–Crippen LogP) is 5.37. The van der Waals surface area contributed by atoms with Gasteiger partial charge < -0.3 is 10.1 Å². The Labute approximate surface area is 156 Å². The molecule has 2 aromatic rings. The summed E-state index contributed by atoms with van der Waals surface area (Å²) in [6.45, 7) is 3.18. The van der Waals surface area contributed by atoms with Crippen LogP contribution >= 0.6 is 24.0 Å². The van der Waals surface area contributed by atoms with Gasteiger partial charge in [-0.25, -0.2) is 0 Å². The lowest BCUT2D eigenvalue weighted by molar-refractivity contribution is 0.178. The predicted molar refractivity (Wildman–Crippen MR) is 104 cm³/mol. The summed E-state index contributed by atoms with van der Waals surface area (Å²) in [5.74, 6) is 0.901. The topological polar surface area (TPSA) is 21.3 Å². The second kappa shape index (κ2) is 8.24. The molecule has 2 aromatic carbocycles. The lowest BCUT2D eigenvalue weighted by Gasteiger charge is -2.47. The molecule has 1 aliphatic rings. The van der Waals surface area contributed by atoms with Crippen LogP contribution in [0.1, 0.15) is 37.3 Å². The fourth-order valence-electron chi connectivity index (χ4n) is 3.52. The number of rotatable bonds is 6. The van der Waals surface area contributed by atoms with Crippen molar-refractivity contribution in [3.05, 3.63) is 64.7 Å². The van der Waals surface area contributed by atoms with Crippen LogP contribution in [0.25, 0.3) is 0 Å². The van der Waals surface area contributed by atoms with Crippen LogP contribution in [0.5, 0.6) is 5.75 Å². The zero-order chi connectivity index (χ0) is 16.3. The summed E-state index contributed by atoms with van der Waals surface area (Å²) in [5.41, 5.74) is 2.93. The van der Waals surface area contributed by atoms with Crippen LogP contribution in [0, 0.1) is 0 Å². The SMILES string of the molecule is COc1ccc(CNC(C)C2(c3ccc(Cl)cc3)CCC2)cc1.Cl. The lowest BCUT2D eigenvalue weighted by Crippen LogP contribution is -2.50. The van der Waals surface area contributed by atoms with E-state index in [1.165, 1.54) is 30.4 Å². The Morgan fingerprint density at radius 2 is 1.71 bits per heavy atom. The van der Waals surface area contributed by atoms with Gasteiger partial charge in [0.05, 0.1) is 7.11 Å². The minimum Gasteiger partial charge on any atom is -0.497 e. The van der Waals surface area contributed by atoms with E-state index in [0.717, 1.165) is 17.3 Å². The smallest absolute Gasteiger partial charge is 0.118 e. The molecule has 0 saturated heterocycles. The van der Waals surface area contributed by atoms with E-state index >= 15 is 0 Å². The molecule has 2 nitrogen and oxygen atoms in total. The van der Waals surface area contributed by atoms with E-state index in [2.05, 4.69) is 36.5 Å². The number of benzene rings is 2. The van der Waals surface area contributed by atoms with Gasteiger partial charge in [-0.15, -0.1) is 12.4 Å². The second-order valence-corrected chi connectivity index (χ2v) is 6.90. The third-order valence-corrected chi connectivity index (χ3v) is 5.52. The highest BCUT2D eigenvalue weighted by Gasteiger charge is 2.43. The van der Waals surface area contributed by atoms with Gasteiger partial charge in [0.1, 0.15) is 5.75 Å². The molecule has 0 heterocycles. The van der Waals surface area contributed by atoms with Crippen LogP contribution in [0.3, 0.4) is 0 Å². The van der Waals surface area contributed by atoms with E-state index in [-0.39, 0.29) is 17.8 Å². The van der Waals surface area contributed by atoms with Crippen molar-refractivity contribution >= 4 is 24.0 Å². The summed E-state index contributed by atoms with van der Waals surface area (Å²) >= 11 is 6.04. The molecule has 1 fully saturated rings. The fraction of sp³-hybridized carbons (Fsp3) is 0.400. The third kappa shape index (κ3) is 3.88. The molecule has 1 aliphatic carbocycles. The van der Waals surface area contributed by atoms with Gasteiger partial charge in [-0.05, 0) is 55.2 Å². The highest BCUT2D eigenvalue weighted by atomic mass is 35.5. The maximum Gasteiger partial charge on any atom is 0.118 e. The maximum atomic E-state index is 6.04. The molecule has 1 saturated carbocycles. The molecule has 130 valence electrons. The summed E-state index contributed by atoms with van der Waals surface area (Å²) in [7, 11) is 1.70. The van der Waals surface area contributed by atoms with E-state index in [1.54, 1.807) is 7.11 Å². The fourth-order valence-corrected chi connectivity index (χ4v) is 3.65. The van der Waals surface area contributed by atoms with Gasteiger partial charge in [0, 0.05) is 23.0 Å². The van der Waals surface area contributed by atoms with E-state index in [0.29, 0.717) is 6.04 Å². The highest BCUT2D eigenvalue weighted by molar-refractivity contribution is 6.30. The Hall–Kier alpha value is -1.22. The molecular formula is C20H25Cl2NO. The summed E-state index contributed by atoms with van der Waals surface area (Å²) in [6, 6.07) is 17.1. The molecule has 1 N–H and O–H groups in total. The summed E-state index contributed by atoms with van der Waals surface area (Å²) in [6.07, 6.45) is 3.79. The van der Waals surface area contributed by atoms with Gasteiger partial charge >= 0.3 is 0 Å². The Bertz CT molecular complexity index is 636. The standard InChI is InChI=1S/C20H24ClNO.ClH/c1-15(22-14-16-4-10-19(23-2)11-5-16)20(12-3-13-20)17-6-8-18(21)9-7-17;/h4-11,15,22H,3,12-14H2,1-2H3;1H. The summed E-state index contributed by atoms with van der Waals surface area (Å²) < 4.78 is 5.21. The first-order valence-electron chi connectivity index (χ1n) is 8.26. The number of hydrogen-bond donors (Lipinski definition) is 1. The molecule has 3 rings (SSSR count). The number of methoxy groups -OCH3 is 1. The van der Waals surface area contributed by atoms with Crippen LogP contribution in [0.4, 0.5) is 0 Å². The van der Waals surface area contributed by atoms with E-state index in [9.17, 15) is 0 Å². The average Bonchev–Trinajstić information content (AvgIpc) is 2.54.